The Morgan fingerprint density at radius 3 is 2.18 bits per heavy atom. The van der Waals surface area contributed by atoms with E-state index in [2.05, 4.69) is 43.7 Å². The molecule has 6 heteroatoms. The van der Waals surface area contributed by atoms with Crippen LogP contribution in [0, 0.1) is 12.3 Å². The van der Waals surface area contributed by atoms with Crippen molar-refractivity contribution in [2.45, 2.75) is 19.8 Å². The molecule has 6 nitrogen and oxygen atoms in total. The van der Waals surface area contributed by atoms with Crippen LogP contribution in [0.5, 0.6) is 0 Å². The Bertz CT molecular complexity index is 384. The topological polar surface area (TPSA) is 74.8 Å². The van der Waals surface area contributed by atoms with Crippen molar-refractivity contribution in [3.05, 3.63) is 0 Å². The summed E-state index contributed by atoms with van der Waals surface area (Å²) in [6, 6.07) is 0. The van der Waals surface area contributed by atoms with E-state index in [-0.39, 0.29) is 0 Å². The van der Waals surface area contributed by atoms with Crippen LogP contribution in [-0.4, -0.2) is 35.1 Å². The average Bonchev–Trinajstić information content (AvgIpc) is 2.36. The van der Waals surface area contributed by atoms with E-state index in [9.17, 15) is 0 Å². The van der Waals surface area contributed by atoms with Gasteiger partial charge in [0.25, 0.3) is 0 Å². The molecule has 17 heavy (non-hydrogen) atoms. The zero-order chi connectivity index (χ0) is 12.5. The van der Waals surface area contributed by atoms with E-state index in [1.807, 2.05) is 0 Å². The first-order valence-corrected chi connectivity index (χ1v) is 5.65. The summed E-state index contributed by atoms with van der Waals surface area (Å²) < 4.78 is 0. The van der Waals surface area contributed by atoms with Crippen molar-refractivity contribution in [1.82, 2.24) is 15.0 Å². The maximum Gasteiger partial charge on any atom is 0.229 e. The number of nitrogens with zero attached hydrogens (tertiary/aromatic N) is 3. The van der Waals surface area contributed by atoms with E-state index in [1.165, 1.54) is 0 Å². The van der Waals surface area contributed by atoms with E-state index in [0.29, 0.717) is 30.8 Å². The lowest BCUT2D eigenvalue weighted by Crippen LogP contribution is -2.12. The number of hydrogen-bond donors (Lipinski definition) is 3. The van der Waals surface area contributed by atoms with Gasteiger partial charge >= 0.3 is 0 Å². The molecule has 0 radical (unpaired) electrons. The fourth-order valence-electron chi connectivity index (χ4n) is 1.13. The molecule has 0 fully saturated rings. The Kier molecular flexibility index (Phi) is 5.58. The van der Waals surface area contributed by atoms with Crippen molar-refractivity contribution >= 4 is 17.8 Å². The molecule has 3 N–H and O–H groups in total. The maximum atomic E-state index is 5.18. The van der Waals surface area contributed by atoms with Gasteiger partial charge in [0.05, 0.1) is 0 Å². The minimum atomic E-state index is 0.526. The molecule has 1 aromatic rings. The third-order valence-electron chi connectivity index (χ3n) is 1.94. The molecule has 0 aliphatic heterocycles. The molecule has 0 aromatic carbocycles. The lowest BCUT2D eigenvalue weighted by Gasteiger charge is -2.08. The smallest absolute Gasteiger partial charge is 0.229 e. The van der Waals surface area contributed by atoms with Gasteiger partial charge in [-0.1, -0.05) is 6.92 Å². The molecule has 0 bridgehead atoms. The average molecular weight is 234 g/mol. The van der Waals surface area contributed by atoms with Crippen molar-refractivity contribution in [2.24, 2.45) is 0 Å². The first-order valence-electron chi connectivity index (χ1n) is 5.65. The molecule has 92 valence electrons. The van der Waals surface area contributed by atoms with Crippen LogP contribution in [-0.2, 0) is 0 Å². The quantitative estimate of drug-likeness (QED) is 0.486. The van der Waals surface area contributed by atoms with E-state index in [0.717, 1.165) is 13.0 Å². The summed E-state index contributed by atoms with van der Waals surface area (Å²) in [4.78, 5) is 12.6. The highest BCUT2D eigenvalue weighted by molar-refractivity contribution is 5.41. The number of nitrogens with one attached hydrogen (secondary N) is 3. The Balaban J connectivity index is 2.71. The van der Waals surface area contributed by atoms with Crippen molar-refractivity contribution < 1.29 is 0 Å². The SMILES string of the molecule is C#CCCNc1nc(NC)nc(NCCC)n1. The second kappa shape index (κ2) is 7.28. The molecule has 0 atom stereocenters. The molecular weight excluding hydrogens is 216 g/mol. The monoisotopic (exact) mass is 234 g/mol. The predicted molar refractivity (Wildman–Crippen MR) is 70.1 cm³/mol. The second-order valence-corrected chi connectivity index (χ2v) is 3.36. The highest BCUT2D eigenvalue weighted by Gasteiger charge is 2.03. The zero-order valence-electron chi connectivity index (χ0n) is 10.2. The van der Waals surface area contributed by atoms with Crippen LogP contribution in [0.25, 0.3) is 0 Å². The van der Waals surface area contributed by atoms with Gasteiger partial charge < -0.3 is 16.0 Å². The van der Waals surface area contributed by atoms with Crippen LogP contribution in [0.4, 0.5) is 17.8 Å². The molecule has 1 aromatic heterocycles. The van der Waals surface area contributed by atoms with Gasteiger partial charge in [-0.05, 0) is 6.42 Å². The van der Waals surface area contributed by atoms with E-state index >= 15 is 0 Å². The van der Waals surface area contributed by atoms with Gasteiger partial charge in [0, 0.05) is 26.6 Å². The molecule has 0 aliphatic rings. The normalized spacial score (nSPS) is 9.47. The first-order chi connectivity index (χ1) is 8.30. The summed E-state index contributed by atoms with van der Waals surface area (Å²) in [6.07, 6.45) is 6.83. The molecule has 0 unspecified atom stereocenters. The summed E-state index contributed by atoms with van der Waals surface area (Å²) in [7, 11) is 1.77. The Morgan fingerprint density at radius 1 is 1.06 bits per heavy atom. The third-order valence-corrected chi connectivity index (χ3v) is 1.94. The van der Waals surface area contributed by atoms with Crippen molar-refractivity contribution in [3.8, 4) is 12.3 Å². The molecule has 1 rings (SSSR count). The lowest BCUT2D eigenvalue weighted by molar-refractivity contribution is 0.933. The van der Waals surface area contributed by atoms with Gasteiger partial charge in [0.2, 0.25) is 17.8 Å². The minimum Gasteiger partial charge on any atom is -0.357 e. The molecule has 0 saturated heterocycles. The fourth-order valence-corrected chi connectivity index (χ4v) is 1.13. The lowest BCUT2D eigenvalue weighted by atomic mass is 10.4. The van der Waals surface area contributed by atoms with E-state index < -0.39 is 0 Å². The second-order valence-electron chi connectivity index (χ2n) is 3.36. The Morgan fingerprint density at radius 2 is 1.65 bits per heavy atom. The van der Waals surface area contributed by atoms with Crippen LogP contribution in [0.15, 0.2) is 0 Å². The van der Waals surface area contributed by atoms with Crippen LogP contribution in [0.3, 0.4) is 0 Å². The van der Waals surface area contributed by atoms with Gasteiger partial charge in [-0.3, -0.25) is 0 Å². The standard InChI is InChI=1S/C11H18N6/c1-4-6-8-14-11-16-9(12-3)15-10(17-11)13-7-5-2/h1H,5-8H2,2-3H3,(H3,12,13,14,15,16,17). The number of hydrogen-bond acceptors (Lipinski definition) is 6. The van der Waals surface area contributed by atoms with Gasteiger partial charge in [0.15, 0.2) is 0 Å². The fraction of sp³-hybridized carbons (Fsp3) is 0.545. The van der Waals surface area contributed by atoms with Crippen molar-refractivity contribution in [2.75, 3.05) is 36.1 Å². The number of rotatable bonds is 7. The zero-order valence-corrected chi connectivity index (χ0v) is 10.2. The summed E-state index contributed by atoms with van der Waals surface area (Å²) in [5.41, 5.74) is 0. The van der Waals surface area contributed by atoms with Crippen molar-refractivity contribution in [1.29, 1.82) is 0 Å². The highest BCUT2D eigenvalue weighted by Crippen LogP contribution is 2.08. The molecular formula is C11H18N6. The first kappa shape index (κ1) is 13.0. The van der Waals surface area contributed by atoms with E-state index in [4.69, 9.17) is 6.42 Å². The molecule has 1 heterocycles. The van der Waals surface area contributed by atoms with Gasteiger partial charge in [-0.25, -0.2) is 0 Å². The summed E-state index contributed by atoms with van der Waals surface area (Å²) in [5, 5.41) is 9.06. The maximum absolute atomic E-state index is 5.18. The summed E-state index contributed by atoms with van der Waals surface area (Å²) in [5.74, 6) is 4.17. The molecule has 0 saturated carbocycles. The van der Waals surface area contributed by atoms with Crippen LogP contribution < -0.4 is 16.0 Å². The summed E-state index contributed by atoms with van der Waals surface area (Å²) >= 11 is 0. The van der Waals surface area contributed by atoms with Gasteiger partial charge in [0.1, 0.15) is 0 Å². The molecule has 0 amide bonds. The number of terminal acetylenes is 1. The summed E-state index contributed by atoms with van der Waals surface area (Å²) in [6.45, 7) is 3.56. The van der Waals surface area contributed by atoms with Crippen LogP contribution in [0.1, 0.15) is 19.8 Å². The minimum absolute atomic E-state index is 0.526. The third kappa shape index (κ3) is 4.55. The Labute approximate surface area is 102 Å². The number of anilines is 3. The van der Waals surface area contributed by atoms with E-state index in [1.54, 1.807) is 7.05 Å². The van der Waals surface area contributed by atoms with Crippen LogP contribution >= 0.6 is 0 Å². The number of aromatic nitrogens is 3. The molecule has 0 spiro atoms. The van der Waals surface area contributed by atoms with Gasteiger partial charge in [-0.15, -0.1) is 12.3 Å². The van der Waals surface area contributed by atoms with Crippen LogP contribution in [0.2, 0.25) is 0 Å². The van der Waals surface area contributed by atoms with Gasteiger partial charge in [-0.2, -0.15) is 15.0 Å². The predicted octanol–water partition coefficient (Wildman–Crippen LogP) is 1.17. The molecule has 0 aliphatic carbocycles. The Hall–Kier alpha value is -2.03. The highest BCUT2D eigenvalue weighted by atomic mass is 15.3. The largest absolute Gasteiger partial charge is 0.357 e. The van der Waals surface area contributed by atoms with Crippen molar-refractivity contribution in [3.63, 3.8) is 0 Å².